The lowest BCUT2D eigenvalue weighted by Crippen LogP contribution is -2.55. The summed E-state index contributed by atoms with van der Waals surface area (Å²) in [5, 5.41) is 24.3. The largest absolute Gasteiger partial charge is 0.486 e. The van der Waals surface area contributed by atoms with Crippen LogP contribution in [-0.2, 0) is 16.1 Å². The van der Waals surface area contributed by atoms with Crippen molar-refractivity contribution in [2.24, 2.45) is 0 Å². The number of rotatable bonds is 8. The molecule has 2 aromatic carbocycles. The minimum Gasteiger partial charge on any atom is -0.486 e. The normalized spacial score (nSPS) is 22.4. The van der Waals surface area contributed by atoms with Gasteiger partial charge in [-0.05, 0) is 42.3 Å². The van der Waals surface area contributed by atoms with E-state index in [1.807, 2.05) is 25.1 Å². The maximum absolute atomic E-state index is 13.3. The molecular weight excluding hydrogens is 503 g/mol. The highest BCUT2D eigenvalue weighted by Gasteiger charge is 2.50. The van der Waals surface area contributed by atoms with Crippen molar-refractivity contribution in [3.63, 3.8) is 0 Å². The highest BCUT2D eigenvalue weighted by atomic mass is 35.5. The molecule has 4 atom stereocenters. The molecule has 0 saturated carbocycles. The van der Waals surface area contributed by atoms with Crippen LogP contribution >= 0.6 is 23.2 Å². The number of allylic oxidation sites excluding steroid dienone is 1. The molecule has 190 valence electrons. The van der Waals surface area contributed by atoms with Crippen LogP contribution in [0.5, 0.6) is 5.75 Å². The number of aliphatic hydroxyl groups is 2. The summed E-state index contributed by atoms with van der Waals surface area (Å²) in [6.45, 7) is 1.85. The molecule has 1 aliphatic heterocycles. The van der Waals surface area contributed by atoms with Gasteiger partial charge in [0, 0.05) is 34.3 Å². The highest BCUT2D eigenvalue weighted by Crippen LogP contribution is 2.47. The van der Waals surface area contributed by atoms with E-state index in [2.05, 4.69) is 5.32 Å². The molecule has 0 radical (unpaired) electrons. The minimum absolute atomic E-state index is 0.0749. The van der Waals surface area contributed by atoms with Crippen LogP contribution in [0.2, 0.25) is 10.0 Å². The minimum atomic E-state index is -1.12. The smallest absolute Gasteiger partial charge is 0.247 e. The number of para-hydroxylation sites is 1. The zero-order valence-electron chi connectivity index (χ0n) is 19.7. The molecule has 9 heteroatoms. The Hall–Kier alpha value is -2.84. The van der Waals surface area contributed by atoms with Gasteiger partial charge in [-0.2, -0.15) is 0 Å². The van der Waals surface area contributed by atoms with Gasteiger partial charge in [-0.15, -0.1) is 0 Å². The number of hydrogen-bond donors (Lipinski definition) is 3. The van der Waals surface area contributed by atoms with Gasteiger partial charge in [0.25, 0.3) is 0 Å². The van der Waals surface area contributed by atoms with Crippen LogP contribution in [0.3, 0.4) is 0 Å². The van der Waals surface area contributed by atoms with Crippen molar-refractivity contribution in [1.82, 2.24) is 10.2 Å². The third-order valence-electron chi connectivity index (χ3n) is 6.37. The van der Waals surface area contributed by atoms with E-state index < -0.39 is 30.1 Å². The number of amides is 2. The topological polar surface area (TPSA) is 99.1 Å². The van der Waals surface area contributed by atoms with E-state index in [-0.39, 0.29) is 25.6 Å². The first kappa shape index (κ1) is 26.2. The molecule has 1 heterocycles. The number of nitrogens with zero attached hydrogens (tertiary/aromatic N) is 1. The molecule has 1 aliphatic carbocycles. The van der Waals surface area contributed by atoms with E-state index >= 15 is 0 Å². The van der Waals surface area contributed by atoms with Crippen molar-refractivity contribution < 1.29 is 24.5 Å². The lowest BCUT2D eigenvalue weighted by molar-refractivity contribution is -0.132. The Bertz CT molecular complexity index is 1200. The molecular formula is C27H28Cl2N2O5. The van der Waals surface area contributed by atoms with E-state index in [9.17, 15) is 19.8 Å². The summed E-state index contributed by atoms with van der Waals surface area (Å²) in [6.07, 6.45) is 3.57. The molecule has 0 fully saturated rings. The standard InChI is InChI=1S/C27H28Cl2N2O5/c1-2-3-8-23(33)31(15-16-9-10-17(28)13-20(16)29)21-14-19(27(35)30-11-12-32)24-18-6-4-5-7-22(18)36-26(24)25(21)34/h3-10,13-14,21,24-26,32,34H,2,11-12,15H2,1H3,(H,30,35)/t21-,24+,25+,26+/m1/s1. The number of ether oxygens (including phenoxy) is 1. The quantitative estimate of drug-likeness (QED) is 0.452. The van der Waals surface area contributed by atoms with Crippen molar-refractivity contribution >= 4 is 35.0 Å². The molecule has 0 saturated heterocycles. The van der Waals surface area contributed by atoms with Gasteiger partial charge in [0.1, 0.15) is 18.0 Å². The summed E-state index contributed by atoms with van der Waals surface area (Å²) in [5.41, 5.74) is 1.80. The Labute approximate surface area is 220 Å². The van der Waals surface area contributed by atoms with Crippen LogP contribution in [0, 0.1) is 0 Å². The van der Waals surface area contributed by atoms with Crippen LogP contribution in [0.4, 0.5) is 0 Å². The number of carbonyl (C=O) groups excluding carboxylic acids is 2. The van der Waals surface area contributed by atoms with Gasteiger partial charge in [-0.25, -0.2) is 0 Å². The predicted octanol–water partition coefficient (Wildman–Crippen LogP) is 3.61. The first-order valence-electron chi connectivity index (χ1n) is 11.8. The SMILES string of the molecule is CCC=CC(=O)N(Cc1ccc(Cl)cc1Cl)[C@@H]1C=C(C(=O)NCCO)[C@@H]2c3ccccc3O[C@@H]2[C@H]1O. The van der Waals surface area contributed by atoms with Gasteiger partial charge in [0.15, 0.2) is 0 Å². The molecule has 2 aliphatic rings. The Morgan fingerprint density at radius 2 is 1.97 bits per heavy atom. The molecule has 0 bridgehead atoms. The Kier molecular flexibility index (Phi) is 8.36. The summed E-state index contributed by atoms with van der Waals surface area (Å²) in [6, 6.07) is 11.4. The van der Waals surface area contributed by atoms with E-state index in [4.69, 9.17) is 27.9 Å². The molecule has 2 amide bonds. The predicted molar refractivity (Wildman–Crippen MR) is 138 cm³/mol. The molecule has 0 unspecified atom stereocenters. The maximum atomic E-state index is 13.3. The van der Waals surface area contributed by atoms with Crippen LogP contribution in [-0.4, -0.2) is 58.3 Å². The number of fused-ring (bicyclic) bond motifs is 3. The molecule has 36 heavy (non-hydrogen) atoms. The number of nitrogens with one attached hydrogen (secondary N) is 1. The molecule has 3 N–H and O–H groups in total. The van der Waals surface area contributed by atoms with Crippen molar-refractivity contribution in [3.05, 3.63) is 87.4 Å². The molecule has 7 nitrogen and oxygen atoms in total. The van der Waals surface area contributed by atoms with Crippen LogP contribution < -0.4 is 10.1 Å². The fraction of sp³-hybridized carbons (Fsp3) is 0.333. The van der Waals surface area contributed by atoms with Crippen molar-refractivity contribution in [3.8, 4) is 5.75 Å². The van der Waals surface area contributed by atoms with Crippen LogP contribution in [0.1, 0.15) is 30.4 Å². The summed E-state index contributed by atoms with van der Waals surface area (Å²) in [4.78, 5) is 28.0. The average Bonchev–Trinajstić information content (AvgIpc) is 3.26. The number of benzene rings is 2. The molecule has 4 rings (SSSR count). The van der Waals surface area contributed by atoms with Crippen LogP contribution in [0.25, 0.3) is 0 Å². The lowest BCUT2D eigenvalue weighted by Gasteiger charge is -2.40. The first-order chi connectivity index (χ1) is 17.3. The monoisotopic (exact) mass is 530 g/mol. The molecule has 0 aromatic heterocycles. The lowest BCUT2D eigenvalue weighted by atomic mass is 9.77. The van der Waals surface area contributed by atoms with E-state index in [1.54, 1.807) is 36.4 Å². The molecule has 0 spiro atoms. The highest BCUT2D eigenvalue weighted by molar-refractivity contribution is 6.35. The number of carbonyl (C=O) groups is 2. The zero-order valence-corrected chi connectivity index (χ0v) is 21.2. The second kappa shape index (κ2) is 11.5. The summed E-state index contributed by atoms with van der Waals surface area (Å²) < 4.78 is 6.12. The van der Waals surface area contributed by atoms with E-state index in [1.165, 1.54) is 11.0 Å². The van der Waals surface area contributed by atoms with Gasteiger partial charge >= 0.3 is 0 Å². The number of hydrogen-bond acceptors (Lipinski definition) is 5. The van der Waals surface area contributed by atoms with Gasteiger partial charge < -0.3 is 25.2 Å². The summed E-state index contributed by atoms with van der Waals surface area (Å²) in [5.74, 6) is -0.671. The third kappa shape index (κ3) is 5.30. The average molecular weight is 531 g/mol. The second-order valence-corrected chi connectivity index (χ2v) is 9.54. The first-order valence-corrected chi connectivity index (χ1v) is 12.6. The fourth-order valence-electron chi connectivity index (χ4n) is 4.67. The van der Waals surface area contributed by atoms with E-state index in [0.29, 0.717) is 33.4 Å². The van der Waals surface area contributed by atoms with Crippen molar-refractivity contribution in [2.75, 3.05) is 13.2 Å². The van der Waals surface area contributed by atoms with Crippen LogP contribution in [0.15, 0.2) is 66.3 Å². The molecule has 2 aromatic rings. The number of aliphatic hydroxyl groups excluding tert-OH is 2. The van der Waals surface area contributed by atoms with E-state index in [0.717, 1.165) is 5.56 Å². The zero-order chi connectivity index (χ0) is 25.8. The van der Waals surface area contributed by atoms with Gasteiger partial charge in [0.2, 0.25) is 11.8 Å². The Balaban J connectivity index is 1.78. The van der Waals surface area contributed by atoms with Crippen molar-refractivity contribution in [1.29, 1.82) is 0 Å². The summed E-state index contributed by atoms with van der Waals surface area (Å²) >= 11 is 12.5. The maximum Gasteiger partial charge on any atom is 0.247 e. The van der Waals surface area contributed by atoms with Gasteiger partial charge in [0.05, 0.1) is 18.6 Å². The second-order valence-electron chi connectivity index (χ2n) is 8.69. The fourth-order valence-corrected chi connectivity index (χ4v) is 5.14. The Morgan fingerprint density at radius 1 is 1.19 bits per heavy atom. The third-order valence-corrected chi connectivity index (χ3v) is 6.96. The van der Waals surface area contributed by atoms with Crippen molar-refractivity contribution in [2.45, 2.75) is 44.1 Å². The van der Waals surface area contributed by atoms with Gasteiger partial charge in [-0.3, -0.25) is 9.59 Å². The number of halogens is 2. The summed E-state index contributed by atoms with van der Waals surface area (Å²) in [7, 11) is 0. The Morgan fingerprint density at radius 3 is 2.69 bits per heavy atom. The van der Waals surface area contributed by atoms with Gasteiger partial charge in [-0.1, -0.05) is 60.5 Å².